The first-order valence-electron chi connectivity index (χ1n) is 8.77. The van der Waals surface area contributed by atoms with Crippen molar-refractivity contribution in [3.8, 4) is 11.5 Å². The highest BCUT2D eigenvalue weighted by Gasteiger charge is 2.30. The molecule has 0 spiro atoms. The van der Waals surface area contributed by atoms with Crippen LogP contribution in [0.25, 0.3) is 0 Å². The molecule has 2 N–H and O–H groups in total. The van der Waals surface area contributed by atoms with Crippen LogP contribution in [0.15, 0.2) is 71.7 Å². The van der Waals surface area contributed by atoms with Gasteiger partial charge in [-0.1, -0.05) is 0 Å². The van der Waals surface area contributed by atoms with Crippen LogP contribution in [0.3, 0.4) is 0 Å². The van der Waals surface area contributed by atoms with Crippen molar-refractivity contribution in [2.45, 2.75) is 12.4 Å². The maximum atomic E-state index is 12.6. The molecule has 1 unspecified atom stereocenters. The number of hydrogen-bond acceptors (Lipinski definition) is 5. The lowest BCUT2D eigenvalue weighted by Gasteiger charge is -2.27. The Morgan fingerprint density at radius 3 is 2.03 bits per heavy atom. The average Bonchev–Trinajstić information content (AvgIpc) is 2.68. The normalized spacial score (nSPS) is 12.9. The van der Waals surface area contributed by atoms with Crippen molar-refractivity contribution in [1.82, 2.24) is 4.98 Å². The molecule has 0 aliphatic rings. The number of aliphatic hydroxyl groups excluding tert-OH is 1. The number of aromatic nitrogens is 1. The molecule has 0 radical (unpaired) electrons. The van der Waals surface area contributed by atoms with Gasteiger partial charge < -0.3 is 14.8 Å². The highest BCUT2D eigenvalue weighted by atomic mass is 32.2. The molecule has 1 aromatic heterocycles. The Balaban J connectivity index is 1.85. The van der Waals surface area contributed by atoms with E-state index in [0.717, 1.165) is 30.5 Å². The number of hydrogen-bond donors (Lipinski definition) is 2. The fraction of sp³-hybridized carbons (Fsp3) is 0.150. The molecule has 3 aromatic rings. The topological polar surface area (TPSA) is 99.7 Å². The van der Waals surface area contributed by atoms with Crippen molar-refractivity contribution in [2.24, 2.45) is 0 Å². The summed E-state index contributed by atoms with van der Waals surface area (Å²) in [7, 11) is -3.99. The van der Waals surface area contributed by atoms with E-state index in [0.29, 0.717) is 4.31 Å². The predicted octanol–water partition coefficient (Wildman–Crippen LogP) is 3.64. The summed E-state index contributed by atoms with van der Waals surface area (Å²) >= 11 is 0. The van der Waals surface area contributed by atoms with E-state index in [-0.39, 0.29) is 22.7 Å². The summed E-state index contributed by atoms with van der Waals surface area (Å²) in [5.74, 6) is 0.376. The fourth-order valence-electron chi connectivity index (χ4n) is 2.79. The Morgan fingerprint density at radius 2 is 1.55 bits per heavy atom. The van der Waals surface area contributed by atoms with Crippen LogP contribution in [0.4, 0.5) is 18.9 Å². The molecule has 31 heavy (non-hydrogen) atoms. The van der Waals surface area contributed by atoms with Crippen LogP contribution in [-0.4, -0.2) is 24.8 Å². The van der Waals surface area contributed by atoms with E-state index in [1.54, 1.807) is 0 Å². The second-order valence-electron chi connectivity index (χ2n) is 6.51. The smallest absolute Gasteiger partial charge is 0.416 e. The van der Waals surface area contributed by atoms with E-state index in [9.17, 15) is 31.5 Å². The number of sulfonamides is 1. The zero-order valence-electron chi connectivity index (χ0n) is 16.0. The third kappa shape index (κ3) is 5.25. The molecule has 3 rings (SSSR count). The number of benzene rings is 2. The highest BCUT2D eigenvalue weighted by Crippen LogP contribution is 2.33. The van der Waals surface area contributed by atoms with Crippen molar-refractivity contribution >= 4 is 15.7 Å². The van der Waals surface area contributed by atoms with Crippen molar-refractivity contribution < 1.29 is 31.4 Å². The summed E-state index contributed by atoms with van der Waals surface area (Å²) in [4.78, 5) is 14.3. The molecule has 164 valence electrons. The van der Waals surface area contributed by atoms with Gasteiger partial charge in [-0.25, -0.2) is 12.7 Å². The fourth-order valence-corrected chi connectivity index (χ4v) is 3.77. The number of aliphatic hydroxyl groups is 1. The maximum Gasteiger partial charge on any atom is 0.416 e. The first-order chi connectivity index (χ1) is 14.5. The third-order valence-electron chi connectivity index (χ3n) is 4.21. The number of ether oxygens (including phenoxy) is 1. The van der Waals surface area contributed by atoms with Crippen molar-refractivity contribution in [2.75, 3.05) is 10.6 Å². The first-order valence-corrected chi connectivity index (χ1v) is 10.6. The van der Waals surface area contributed by atoms with Crippen LogP contribution >= 0.6 is 0 Å². The minimum absolute atomic E-state index is 0.0537. The van der Waals surface area contributed by atoms with Crippen LogP contribution in [0.2, 0.25) is 0 Å². The van der Waals surface area contributed by atoms with E-state index in [1.165, 1.54) is 42.6 Å². The lowest BCUT2D eigenvalue weighted by Crippen LogP contribution is -2.36. The molecule has 7 nitrogen and oxygen atoms in total. The molecule has 0 bridgehead atoms. The predicted molar refractivity (Wildman–Crippen MR) is 107 cm³/mol. The second-order valence-corrected chi connectivity index (χ2v) is 8.36. The minimum Gasteiger partial charge on any atom is -0.457 e. The van der Waals surface area contributed by atoms with Gasteiger partial charge in [0.25, 0.3) is 5.56 Å². The molecule has 0 saturated heterocycles. The lowest BCUT2D eigenvalue weighted by molar-refractivity contribution is -0.137. The number of nitrogens with zero attached hydrogens (tertiary/aromatic N) is 1. The van der Waals surface area contributed by atoms with Gasteiger partial charge in [0.15, 0.2) is 6.23 Å². The maximum absolute atomic E-state index is 12.6. The van der Waals surface area contributed by atoms with Gasteiger partial charge in [-0.05, 0) is 60.7 Å². The SMILES string of the molecule is CS(=O)(=O)N(c1ccc(Oc2ccc(C(F)(F)F)cc2)cc1)C(O)c1ccc[nH]c1=O. The zero-order chi connectivity index (χ0) is 22.8. The number of H-pyrrole nitrogens is 1. The Bertz CT molecular complexity index is 1210. The molecule has 0 saturated carbocycles. The first kappa shape index (κ1) is 22.4. The van der Waals surface area contributed by atoms with Crippen LogP contribution in [0.1, 0.15) is 17.4 Å². The van der Waals surface area contributed by atoms with Crippen molar-refractivity contribution in [3.63, 3.8) is 0 Å². The Hall–Kier alpha value is -3.31. The zero-order valence-corrected chi connectivity index (χ0v) is 16.8. The third-order valence-corrected chi connectivity index (χ3v) is 5.34. The molecular weight excluding hydrogens is 437 g/mol. The highest BCUT2D eigenvalue weighted by molar-refractivity contribution is 7.92. The van der Waals surface area contributed by atoms with Gasteiger partial charge in [0.1, 0.15) is 11.5 Å². The number of nitrogens with one attached hydrogen (secondary N) is 1. The number of halogens is 3. The van der Waals surface area contributed by atoms with Crippen LogP contribution < -0.4 is 14.6 Å². The molecule has 0 amide bonds. The summed E-state index contributed by atoms with van der Waals surface area (Å²) in [5.41, 5.74) is -1.58. The van der Waals surface area contributed by atoms with E-state index in [2.05, 4.69) is 4.98 Å². The van der Waals surface area contributed by atoms with E-state index in [4.69, 9.17) is 4.74 Å². The number of anilines is 1. The molecule has 2 aromatic carbocycles. The lowest BCUT2D eigenvalue weighted by atomic mass is 10.2. The summed E-state index contributed by atoms with van der Waals surface area (Å²) in [6.07, 6.45) is -4.02. The van der Waals surface area contributed by atoms with E-state index >= 15 is 0 Å². The number of aromatic amines is 1. The molecule has 0 fully saturated rings. The Morgan fingerprint density at radius 1 is 1.00 bits per heavy atom. The minimum atomic E-state index is -4.46. The van der Waals surface area contributed by atoms with Gasteiger partial charge in [-0.3, -0.25) is 4.79 Å². The second kappa shape index (κ2) is 8.44. The van der Waals surface area contributed by atoms with Crippen LogP contribution in [-0.2, 0) is 16.2 Å². The quantitative estimate of drug-likeness (QED) is 0.554. The molecule has 1 atom stereocenters. The summed E-state index contributed by atoms with van der Waals surface area (Å²) in [5, 5.41) is 10.5. The Labute approximate surface area is 175 Å². The van der Waals surface area contributed by atoms with Crippen LogP contribution in [0.5, 0.6) is 11.5 Å². The number of pyridine rings is 1. The Kier molecular flexibility index (Phi) is 6.09. The molecule has 11 heteroatoms. The van der Waals surface area contributed by atoms with E-state index < -0.39 is 33.6 Å². The summed E-state index contributed by atoms with van der Waals surface area (Å²) in [6, 6.07) is 12.2. The van der Waals surface area contributed by atoms with Gasteiger partial charge in [-0.2, -0.15) is 13.2 Å². The molecule has 1 heterocycles. The van der Waals surface area contributed by atoms with Gasteiger partial charge in [-0.15, -0.1) is 0 Å². The molecular formula is C20H17F3N2O5S. The average molecular weight is 454 g/mol. The van der Waals surface area contributed by atoms with Gasteiger partial charge in [0.05, 0.1) is 23.1 Å². The molecule has 0 aliphatic heterocycles. The monoisotopic (exact) mass is 454 g/mol. The number of alkyl halides is 3. The van der Waals surface area contributed by atoms with Gasteiger partial charge in [0.2, 0.25) is 10.0 Å². The largest absolute Gasteiger partial charge is 0.457 e. The molecule has 0 aliphatic carbocycles. The van der Waals surface area contributed by atoms with Crippen LogP contribution in [0, 0.1) is 0 Å². The standard InChI is InChI=1S/C20H17F3N2O5S/c1-31(28,29)25(19(27)17-3-2-12-24-18(17)26)14-6-10-16(11-7-14)30-15-8-4-13(5-9-15)20(21,22)23/h2-12,19,27H,1H3,(H,24,26). The summed E-state index contributed by atoms with van der Waals surface area (Å²) in [6.45, 7) is 0. The van der Waals surface area contributed by atoms with Crippen molar-refractivity contribution in [1.29, 1.82) is 0 Å². The van der Waals surface area contributed by atoms with Gasteiger partial charge in [0, 0.05) is 6.20 Å². The van der Waals surface area contributed by atoms with Gasteiger partial charge >= 0.3 is 6.18 Å². The summed E-state index contributed by atoms with van der Waals surface area (Å²) < 4.78 is 68.6. The van der Waals surface area contributed by atoms with E-state index in [1.807, 2.05) is 0 Å². The van der Waals surface area contributed by atoms with Crippen molar-refractivity contribution in [3.05, 3.63) is 88.3 Å². The number of rotatable bonds is 6.